The Hall–Kier alpha value is -2.91. The molecule has 1 amide bonds. The van der Waals surface area contributed by atoms with Crippen molar-refractivity contribution in [1.29, 1.82) is 0 Å². The van der Waals surface area contributed by atoms with E-state index in [9.17, 15) is 18.0 Å². The van der Waals surface area contributed by atoms with Gasteiger partial charge in [0.1, 0.15) is 0 Å². The van der Waals surface area contributed by atoms with Gasteiger partial charge in [0.15, 0.2) is 5.58 Å². The van der Waals surface area contributed by atoms with Crippen molar-refractivity contribution in [2.75, 3.05) is 19.6 Å². The first-order valence-corrected chi connectivity index (χ1v) is 13.7. The predicted octanol–water partition coefficient (Wildman–Crippen LogP) is 3.16. The zero-order valence-corrected chi connectivity index (χ0v) is 20.7. The number of carbonyl (C=O) groups excluding carboxylic acids is 1. The van der Waals surface area contributed by atoms with E-state index in [1.165, 1.54) is 26.6 Å². The van der Waals surface area contributed by atoms with Crippen molar-refractivity contribution in [2.45, 2.75) is 48.8 Å². The molecule has 3 aromatic rings. The molecule has 2 heterocycles. The molecule has 1 atom stereocenters. The second-order valence-corrected chi connectivity index (χ2v) is 11.8. The van der Waals surface area contributed by atoms with Gasteiger partial charge in [-0.1, -0.05) is 43.2 Å². The molecule has 2 fully saturated rings. The van der Waals surface area contributed by atoms with Gasteiger partial charge < -0.3 is 9.73 Å². The third-order valence-electron chi connectivity index (χ3n) is 7.70. The first kappa shape index (κ1) is 23.8. The van der Waals surface area contributed by atoms with Crippen molar-refractivity contribution in [1.82, 2.24) is 14.2 Å². The maximum Gasteiger partial charge on any atom is 0.419 e. The summed E-state index contributed by atoms with van der Waals surface area (Å²) in [7, 11) is -2.25. The zero-order valence-electron chi connectivity index (χ0n) is 19.9. The van der Waals surface area contributed by atoms with Gasteiger partial charge in [-0.25, -0.2) is 13.2 Å². The Bertz CT molecular complexity index is 1390. The van der Waals surface area contributed by atoms with Gasteiger partial charge >= 0.3 is 5.76 Å². The fourth-order valence-corrected chi connectivity index (χ4v) is 7.15. The van der Waals surface area contributed by atoms with Crippen molar-refractivity contribution < 1.29 is 17.6 Å². The summed E-state index contributed by atoms with van der Waals surface area (Å²) in [4.78, 5) is 25.0. The van der Waals surface area contributed by atoms with Gasteiger partial charge in [0.2, 0.25) is 15.9 Å². The molecule has 1 N–H and O–H groups in total. The minimum Gasteiger partial charge on any atom is -0.408 e. The number of oxazole rings is 1. The number of aromatic nitrogens is 1. The van der Waals surface area contributed by atoms with Crippen LogP contribution in [0, 0.1) is 5.92 Å². The molecule has 0 bridgehead atoms. The van der Waals surface area contributed by atoms with Crippen LogP contribution < -0.4 is 11.1 Å². The molecular weight excluding hydrogens is 466 g/mol. The first-order chi connectivity index (χ1) is 16.8. The fraction of sp³-hybridized carbons (Fsp3) is 0.462. The van der Waals surface area contributed by atoms with Gasteiger partial charge in [0.05, 0.1) is 16.3 Å². The topological polar surface area (TPSA) is 102 Å². The summed E-state index contributed by atoms with van der Waals surface area (Å²) in [5.41, 5.74) is 1.97. The Labute approximate surface area is 205 Å². The Morgan fingerprint density at radius 2 is 1.86 bits per heavy atom. The van der Waals surface area contributed by atoms with E-state index in [1.807, 2.05) is 18.2 Å². The van der Waals surface area contributed by atoms with Crippen LogP contribution in [-0.4, -0.2) is 42.8 Å². The number of sulfonamides is 1. The molecule has 1 aliphatic carbocycles. The van der Waals surface area contributed by atoms with Crippen molar-refractivity contribution in [3.8, 4) is 0 Å². The summed E-state index contributed by atoms with van der Waals surface area (Å²) in [5.74, 6) is -1.03. The summed E-state index contributed by atoms with van der Waals surface area (Å²) >= 11 is 0. The largest absolute Gasteiger partial charge is 0.419 e. The van der Waals surface area contributed by atoms with Crippen LogP contribution >= 0.6 is 0 Å². The lowest BCUT2D eigenvalue weighted by Crippen LogP contribution is -2.47. The molecule has 5 rings (SSSR count). The van der Waals surface area contributed by atoms with E-state index in [0.29, 0.717) is 31.4 Å². The van der Waals surface area contributed by atoms with Gasteiger partial charge in [0.25, 0.3) is 0 Å². The van der Waals surface area contributed by atoms with Crippen molar-refractivity contribution in [3.05, 3.63) is 64.6 Å². The van der Waals surface area contributed by atoms with Gasteiger partial charge in [-0.05, 0) is 43.4 Å². The summed E-state index contributed by atoms with van der Waals surface area (Å²) in [6.45, 7) is 1.07. The van der Waals surface area contributed by atoms with E-state index in [-0.39, 0.29) is 28.3 Å². The van der Waals surface area contributed by atoms with E-state index in [2.05, 4.69) is 17.4 Å². The smallest absolute Gasteiger partial charge is 0.408 e. The van der Waals surface area contributed by atoms with Gasteiger partial charge in [-0.3, -0.25) is 9.36 Å². The lowest BCUT2D eigenvalue weighted by atomic mass is 9.78. The number of benzene rings is 2. The first-order valence-electron chi connectivity index (χ1n) is 12.2. The second kappa shape index (κ2) is 9.28. The highest BCUT2D eigenvalue weighted by Crippen LogP contribution is 2.40. The molecule has 1 aromatic heterocycles. The number of rotatable bonds is 6. The predicted molar refractivity (Wildman–Crippen MR) is 133 cm³/mol. The van der Waals surface area contributed by atoms with Crippen LogP contribution in [0.2, 0.25) is 0 Å². The molecule has 186 valence electrons. The van der Waals surface area contributed by atoms with E-state index in [1.54, 1.807) is 13.1 Å². The average molecular weight is 498 g/mol. The van der Waals surface area contributed by atoms with E-state index < -0.39 is 21.7 Å². The Balaban J connectivity index is 1.29. The second-order valence-electron chi connectivity index (χ2n) is 9.83. The van der Waals surface area contributed by atoms with E-state index in [0.717, 1.165) is 25.7 Å². The Kier molecular flexibility index (Phi) is 6.31. The monoisotopic (exact) mass is 497 g/mol. The third kappa shape index (κ3) is 4.43. The number of carbonyl (C=O) groups is 1. The lowest BCUT2D eigenvalue weighted by molar-refractivity contribution is -0.126. The molecule has 35 heavy (non-hydrogen) atoms. The highest BCUT2D eigenvalue weighted by Gasteiger charge is 2.38. The van der Waals surface area contributed by atoms with Crippen LogP contribution in [0.25, 0.3) is 11.1 Å². The fourth-order valence-electron chi connectivity index (χ4n) is 5.61. The summed E-state index contributed by atoms with van der Waals surface area (Å²) in [5, 5.41) is 3.17. The van der Waals surface area contributed by atoms with Crippen LogP contribution in [0.1, 0.15) is 44.1 Å². The Morgan fingerprint density at radius 1 is 1.11 bits per heavy atom. The third-order valence-corrected chi connectivity index (χ3v) is 9.57. The van der Waals surface area contributed by atoms with Crippen LogP contribution in [0.4, 0.5) is 0 Å². The SMILES string of the molecule is Cn1c(=O)oc2cc(S(=O)(=O)N3CCC[C@@H](C(=O)NCC4(c5ccccc5)CCCC4)C3)ccc21. The van der Waals surface area contributed by atoms with Crippen molar-refractivity contribution >= 4 is 27.0 Å². The number of amides is 1. The van der Waals surface area contributed by atoms with Crippen LogP contribution in [0.3, 0.4) is 0 Å². The van der Waals surface area contributed by atoms with E-state index >= 15 is 0 Å². The quantitative estimate of drug-likeness (QED) is 0.564. The molecule has 1 aliphatic heterocycles. The molecule has 0 radical (unpaired) electrons. The molecule has 9 heteroatoms. The molecule has 1 saturated carbocycles. The normalized spacial score (nSPS) is 20.8. The molecule has 2 aromatic carbocycles. The molecule has 0 unspecified atom stereocenters. The maximum absolute atomic E-state index is 13.4. The minimum atomic E-state index is -3.83. The van der Waals surface area contributed by atoms with E-state index in [4.69, 9.17) is 4.42 Å². The summed E-state index contributed by atoms with van der Waals surface area (Å²) < 4.78 is 34.6. The lowest BCUT2D eigenvalue weighted by Gasteiger charge is -2.33. The van der Waals surface area contributed by atoms with Crippen molar-refractivity contribution in [3.63, 3.8) is 0 Å². The number of nitrogens with one attached hydrogen (secondary N) is 1. The highest BCUT2D eigenvalue weighted by atomic mass is 32.2. The van der Waals surface area contributed by atoms with Crippen LogP contribution in [-0.2, 0) is 27.3 Å². The number of nitrogens with zero attached hydrogens (tertiary/aromatic N) is 2. The number of hydrogen-bond donors (Lipinski definition) is 1. The standard InChI is InChI=1S/C26H31N3O5S/c1-28-22-12-11-21(16-23(22)34-25(28)31)35(32,33)29-15-7-8-19(17-29)24(30)27-18-26(13-5-6-14-26)20-9-3-2-4-10-20/h2-4,9-12,16,19H,5-8,13-15,17-18H2,1H3,(H,27,30)/t19-/m1/s1. The molecule has 0 spiro atoms. The van der Waals surface area contributed by atoms with Gasteiger partial charge in [-0.2, -0.15) is 4.31 Å². The number of fused-ring (bicyclic) bond motifs is 1. The molecule has 8 nitrogen and oxygen atoms in total. The van der Waals surface area contributed by atoms with Gasteiger partial charge in [0, 0.05) is 38.2 Å². The van der Waals surface area contributed by atoms with Gasteiger partial charge in [-0.15, -0.1) is 0 Å². The highest BCUT2D eigenvalue weighted by molar-refractivity contribution is 7.89. The Morgan fingerprint density at radius 3 is 2.60 bits per heavy atom. The zero-order chi connectivity index (χ0) is 24.6. The summed E-state index contributed by atoms with van der Waals surface area (Å²) in [6.07, 6.45) is 5.64. The number of piperidine rings is 1. The summed E-state index contributed by atoms with van der Waals surface area (Å²) in [6, 6.07) is 14.8. The van der Waals surface area contributed by atoms with Crippen LogP contribution in [0.5, 0.6) is 0 Å². The number of hydrogen-bond acceptors (Lipinski definition) is 5. The molecular formula is C26H31N3O5S. The average Bonchev–Trinajstić information content (AvgIpc) is 3.48. The van der Waals surface area contributed by atoms with Crippen LogP contribution in [0.15, 0.2) is 62.6 Å². The molecule has 1 saturated heterocycles. The minimum absolute atomic E-state index is 0.0492. The maximum atomic E-state index is 13.4. The molecule has 2 aliphatic rings. The number of aryl methyl sites for hydroxylation is 1. The van der Waals surface area contributed by atoms with Crippen molar-refractivity contribution in [2.24, 2.45) is 13.0 Å².